The number of ether oxygens (including phenoxy) is 1. The highest BCUT2D eigenvalue weighted by atomic mass is 16.5. The fourth-order valence-electron chi connectivity index (χ4n) is 4.70. The number of hydrogen-bond donors (Lipinski definition) is 0. The molecule has 0 saturated carbocycles. The zero-order valence-electron chi connectivity index (χ0n) is 17.1. The van der Waals surface area contributed by atoms with Gasteiger partial charge in [0.1, 0.15) is 5.75 Å². The van der Waals surface area contributed by atoms with E-state index < -0.39 is 0 Å². The van der Waals surface area contributed by atoms with E-state index in [-0.39, 0.29) is 11.8 Å². The molecule has 3 heterocycles. The van der Waals surface area contributed by atoms with Gasteiger partial charge in [0.25, 0.3) is 5.91 Å². The van der Waals surface area contributed by atoms with Crippen LogP contribution < -0.4 is 4.74 Å². The Morgan fingerprint density at radius 3 is 2.64 bits per heavy atom. The number of likely N-dealkylation sites (N-methyl/N-ethyl adjacent to an activating group) is 1. The maximum atomic E-state index is 13.0. The van der Waals surface area contributed by atoms with Crippen molar-refractivity contribution in [3.05, 3.63) is 47.3 Å². The SMILES string of the molecule is COc1ccc([C@H]2CN(C)[C@@H]3CCN(C(=O)c4cc(C(C)C)no4)C[C@H]23)cc1. The summed E-state index contributed by atoms with van der Waals surface area (Å²) in [4.78, 5) is 17.4. The lowest BCUT2D eigenvalue weighted by Gasteiger charge is -2.38. The summed E-state index contributed by atoms with van der Waals surface area (Å²) in [6.07, 6.45) is 0.991. The van der Waals surface area contributed by atoms with Gasteiger partial charge in [-0.15, -0.1) is 0 Å². The van der Waals surface area contributed by atoms with Crippen LogP contribution in [0.2, 0.25) is 0 Å². The van der Waals surface area contributed by atoms with E-state index in [4.69, 9.17) is 9.26 Å². The second-order valence-electron chi connectivity index (χ2n) is 8.36. The summed E-state index contributed by atoms with van der Waals surface area (Å²) in [7, 11) is 3.89. The molecule has 2 aromatic rings. The zero-order valence-corrected chi connectivity index (χ0v) is 17.1. The number of rotatable bonds is 4. The first-order chi connectivity index (χ1) is 13.5. The third kappa shape index (κ3) is 3.41. The van der Waals surface area contributed by atoms with Crippen molar-refractivity contribution in [2.24, 2.45) is 5.92 Å². The van der Waals surface area contributed by atoms with E-state index in [0.29, 0.717) is 23.6 Å². The van der Waals surface area contributed by atoms with E-state index in [9.17, 15) is 4.79 Å². The summed E-state index contributed by atoms with van der Waals surface area (Å²) in [6, 6.07) is 10.7. The van der Waals surface area contributed by atoms with Crippen LogP contribution in [0.1, 0.15) is 53.9 Å². The smallest absolute Gasteiger partial charge is 0.292 e. The van der Waals surface area contributed by atoms with Crippen LogP contribution in [-0.4, -0.2) is 60.7 Å². The minimum absolute atomic E-state index is 0.0408. The highest BCUT2D eigenvalue weighted by Gasteiger charge is 2.45. The Bertz CT molecular complexity index is 830. The molecule has 1 aromatic heterocycles. The molecule has 0 spiro atoms. The van der Waals surface area contributed by atoms with Crippen LogP contribution in [0.15, 0.2) is 34.9 Å². The number of hydrogen-bond acceptors (Lipinski definition) is 5. The number of likely N-dealkylation sites (tertiary alicyclic amines) is 2. The summed E-state index contributed by atoms with van der Waals surface area (Å²) >= 11 is 0. The van der Waals surface area contributed by atoms with Crippen molar-refractivity contribution in [2.45, 2.75) is 38.1 Å². The van der Waals surface area contributed by atoms with Gasteiger partial charge in [-0.2, -0.15) is 0 Å². The standard InChI is InChI=1S/C22H29N3O3/c1-14(2)19-11-21(28-23-19)22(26)25-10-9-20-18(13-25)17(12-24(20)3)15-5-7-16(27-4)8-6-15/h5-8,11,14,17-18,20H,9-10,12-13H2,1-4H3/t17-,18-,20-/m1/s1. The molecular formula is C22H29N3O3. The number of fused-ring (bicyclic) bond motifs is 1. The van der Waals surface area contributed by atoms with Gasteiger partial charge in [0.15, 0.2) is 0 Å². The van der Waals surface area contributed by atoms with Gasteiger partial charge in [-0.05, 0) is 37.1 Å². The highest BCUT2D eigenvalue weighted by Crippen LogP contribution is 2.41. The zero-order chi connectivity index (χ0) is 19.8. The van der Waals surface area contributed by atoms with E-state index in [2.05, 4.69) is 29.2 Å². The van der Waals surface area contributed by atoms with Crippen LogP contribution in [0.3, 0.4) is 0 Å². The molecule has 28 heavy (non-hydrogen) atoms. The molecule has 0 bridgehead atoms. The second-order valence-corrected chi connectivity index (χ2v) is 8.36. The largest absolute Gasteiger partial charge is 0.497 e. The van der Waals surface area contributed by atoms with Crippen LogP contribution in [-0.2, 0) is 0 Å². The number of aromatic nitrogens is 1. The number of methoxy groups -OCH3 is 1. The van der Waals surface area contributed by atoms with Gasteiger partial charge in [0.2, 0.25) is 5.76 Å². The lowest BCUT2D eigenvalue weighted by atomic mass is 9.81. The first-order valence-electron chi connectivity index (χ1n) is 10.1. The molecule has 0 aliphatic carbocycles. The summed E-state index contributed by atoms with van der Waals surface area (Å²) < 4.78 is 10.6. The number of nitrogens with zero attached hydrogens (tertiary/aromatic N) is 3. The average molecular weight is 383 g/mol. The summed E-state index contributed by atoms with van der Waals surface area (Å²) in [5.74, 6) is 2.27. The van der Waals surface area contributed by atoms with E-state index in [1.54, 1.807) is 13.2 Å². The van der Waals surface area contributed by atoms with Gasteiger partial charge in [-0.1, -0.05) is 31.1 Å². The minimum Gasteiger partial charge on any atom is -0.497 e. The molecule has 1 aromatic carbocycles. The Morgan fingerprint density at radius 2 is 2.00 bits per heavy atom. The molecule has 0 N–H and O–H groups in total. The van der Waals surface area contributed by atoms with E-state index in [0.717, 1.165) is 37.5 Å². The highest BCUT2D eigenvalue weighted by molar-refractivity contribution is 5.91. The quantitative estimate of drug-likeness (QED) is 0.810. The average Bonchev–Trinajstić information content (AvgIpc) is 3.33. The number of benzene rings is 1. The van der Waals surface area contributed by atoms with Crippen molar-refractivity contribution < 1.29 is 14.1 Å². The fourth-order valence-corrected chi connectivity index (χ4v) is 4.70. The van der Waals surface area contributed by atoms with E-state index in [1.165, 1.54) is 5.56 Å². The van der Waals surface area contributed by atoms with E-state index >= 15 is 0 Å². The number of carbonyl (C=O) groups excluding carboxylic acids is 1. The van der Waals surface area contributed by atoms with E-state index in [1.807, 2.05) is 30.9 Å². The van der Waals surface area contributed by atoms with Crippen LogP contribution in [0.25, 0.3) is 0 Å². The first kappa shape index (κ1) is 19.0. The Balaban J connectivity index is 1.52. The maximum absolute atomic E-state index is 13.0. The lowest BCUT2D eigenvalue weighted by molar-refractivity contribution is 0.0568. The Morgan fingerprint density at radius 1 is 1.25 bits per heavy atom. The fraction of sp³-hybridized carbons (Fsp3) is 0.545. The number of carbonyl (C=O) groups is 1. The molecule has 4 rings (SSSR count). The topological polar surface area (TPSA) is 58.8 Å². The molecule has 2 saturated heterocycles. The molecule has 150 valence electrons. The molecular weight excluding hydrogens is 354 g/mol. The molecule has 2 aliphatic rings. The maximum Gasteiger partial charge on any atom is 0.292 e. The third-order valence-electron chi connectivity index (χ3n) is 6.35. The van der Waals surface area contributed by atoms with Gasteiger partial charge in [0, 0.05) is 43.6 Å². The second kappa shape index (κ2) is 7.59. The number of piperidine rings is 1. The lowest BCUT2D eigenvalue weighted by Crippen LogP contribution is -2.47. The van der Waals surface area contributed by atoms with Crippen molar-refractivity contribution >= 4 is 5.91 Å². The van der Waals surface area contributed by atoms with Crippen LogP contribution in [0.4, 0.5) is 0 Å². The normalized spacial score (nSPS) is 25.2. The van der Waals surface area contributed by atoms with Crippen molar-refractivity contribution in [2.75, 3.05) is 33.8 Å². The predicted molar refractivity (Wildman–Crippen MR) is 107 cm³/mol. The Labute approximate surface area is 166 Å². The molecule has 0 radical (unpaired) electrons. The van der Waals surface area contributed by atoms with Crippen molar-refractivity contribution in [3.8, 4) is 5.75 Å². The van der Waals surface area contributed by atoms with Crippen LogP contribution in [0, 0.1) is 5.92 Å². The van der Waals surface area contributed by atoms with Crippen molar-refractivity contribution in [1.82, 2.24) is 15.0 Å². The Hall–Kier alpha value is -2.34. The van der Waals surface area contributed by atoms with Crippen molar-refractivity contribution in [1.29, 1.82) is 0 Å². The van der Waals surface area contributed by atoms with Gasteiger partial charge < -0.3 is 19.1 Å². The van der Waals surface area contributed by atoms with Crippen LogP contribution >= 0.6 is 0 Å². The molecule has 6 nitrogen and oxygen atoms in total. The van der Waals surface area contributed by atoms with Crippen molar-refractivity contribution in [3.63, 3.8) is 0 Å². The monoisotopic (exact) mass is 383 g/mol. The third-order valence-corrected chi connectivity index (χ3v) is 6.35. The molecule has 2 aliphatic heterocycles. The van der Waals surface area contributed by atoms with Gasteiger partial charge in [0.05, 0.1) is 12.8 Å². The molecule has 0 unspecified atom stereocenters. The minimum atomic E-state index is -0.0408. The molecule has 3 atom stereocenters. The van der Waals surface area contributed by atoms with Crippen LogP contribution in [0.5, 0.6) is 5.75 Å². The summed E-state index contributed by atoms with van der Waals surface area (Å²) in [6.45, 7) is 6.62. The molecule has 1 amide bonds. The molecule has 6 heteroatoms. The summed E-state index contributed by atoms with van der Waals surface area (Å²) in [5.41, 5.74) is 2.14. The molecule has 2 fully saturated rings. The van der Waals surface area contributed by atoms with Gasteiger partial charge in [-0.3, -0.25) is 4.79 Å². The number of amides is 1. The first-order valence-corrected chi connectivity index (χ1v) is 10.1. The van der Waals surface area contributed by atoms with Gasteiger partial charge in [-0.25, -0.2) is 0 Å². The predicted octanol–water partition coefficient (Wildman–Crippen LogP) is 3.37. The van der Waals surface area contributed by atoms with Gasteiger partial charge >= 0.3 is 0 Å². The Kier molecular flexibility index (Phi) is 5.15. The summed E-state index contributed by atoms with van der Waals surface area (Å²) in [5, 5.41) is 4.05.